The van der Waals surface area contributed by atoms with Crippen LogP contribution in [0.3, 0.4) is 0 Å². The van der Waals surface area contributed by atoms with Gasteiger partial charge in [0.15, 0.2) is 0 Å². The Balaban J connectivity index is 1.74. The van der Waals surface area contributed by atoms with Gasteiger partial charge in [-0.05, 0) is 66.9 Å². The molecular formula is C20H27NO5. The molecule has 6 nitrogen and oxygen atoms in total. The van der Waals surface area contributed by atoms with Crippen molar-refractivity contribution >= 4 is 5.90 Å². The van der Waals surface area contributed by atoms with Crippen LogP contribution in [0, 0.1) is 17.3 Å². The molecule has 1 aromatic carbocycles. The van der Waals surface area contributed by atoms with E-state index >= 15 is 0 Å². The number of rotatable bonds is 1. The zero-order valence-electron chi connectivity index (χ0n) is 15.2. The number of hydrogen-bond acceptors (Lipinski definition) is 6. The van der Waals surface area contributed by atoms with Crippen LogP contribution in [0.5, 0.6) is 11.5 Å². The van der Waals surface area contributed by atoms with Gasteiger partial charge in [-0.25, -0.2) is 0 Å². The minimum atomic E-state index is -0.658. The number of ether oxygens (including phenoxy) is 1. The molecule has 26 heavy (non-hydrogen) atoms. The topological polar surface area (TPSA) is 103 Å². The molecule has 3 aliphatic rings. The van der Waals surface area contributed by atoms with Crippen LogP contribution in [0.25, 0.3) is 0 Å². The zero-order valence-corrected chi connectivity index (χ0v) is 15.2. The molecule has 0 amide bonds. The average molecular weight is 361 g/mol. The lowest BCUT2D eigenvalue weighted by Crippen LogP contribution is -2.44. The Bertz CT molecular complexity index is 748. The molecule has 0 aliphatic heterocycles. The van der Waals surface area contributed by atoms with Crippen molar-refractivity contribution in [3.05, 3.63) is 23.3 Å². The van der Waals surface area contributed by atoms with E-state index in [1.807, 2.05) is 0 Å². The lowest BCUT2D eigenvalue weighted by atomic mass is 9.55. The molecule has 0 heterocycles. The van der Waals surface area contributed by atoms with Crippen LogP contribution in [0.2, 0.25) is 0 Å². The summed E-state index contributed by atoms with van der Waals surface area (Å²) in [7, 11) is 0. The van der Waals surface area contributed by atoms with Gasteiger partial charge in [0.2, 0.25) is 5.90 Å². The van der Waals surface area contributed by atoms with Crippen molar-refractivity contribution in [1.29, 1.82) is 0 Å². The molecular weight excluding hydrogens is 334 g/mol. The van der Waals surface area contributed by atoms with Crippen molar-refractivity contribution < 1.29 is 25.3 Å². The van der Waals surface area contributed by atoms with E-state index in [4.69, 9.17) is 9.94 Å². The maximum atomic E-state index is 10.5. The first-order valence-electron chi connectivity index (χ1n) is 9.43. The highest BCUT2D eigenvalue weighted by molar-refractivity contribution is 5.76. The van der Waals surface area contributed by atoms with E-state index in [2.05, 4.69) is 12.1 Å². The smallest absolute Gasteiger partial charge is 0.228 e. The summed E-state index contributed by atoms with van der Waals surface area (Å²) >= 11 is 0. The van der Waals surface area contributed by atoms with Gasteiger partial charge in [-0.2, -0.15) is 0 Å². The first kappa shape index (κ1) is 17.6. The number of aryl methyl sites for hydroxylation is 1. The van der Waals surface area contributed by atoms with Crippen LogP contribution in [0.15, 0.2) is 17.3 Å². The summed E-state index contributed by atoms with van der Waals surface area (Å²) in [5, 5.41) is 42.9. The van der Waals surface area contributed by atoms with Gasteiger partial charge < -0.3 is 25.3 Å². The number of aliphatic hydroxyl groups excluding tert-OH is 2. The molecule has 142 valence electrons. The maximum Gasteiger partial charge on any atom is 0.228 e. The van der Waals surface area contributed by atoms with E-state index < -0.39 is 12.2 Å². The molecule has 3 aliphatic carbocycles. The fourth-order valence-corrected chi connectivity index (χ4v) is 5.92. The molecule has 6 heteroatoms. The van der Waals surface area contributed by atoms with Crippen molar-refractivity contribution in [2.45, 2.75) is 64.1 Å². The zero-order chi connectivity index (χ0) is 18.6. The Hall–Kier alpha value is -1.79. The summed E-state index contributed by atoms with van der Waals surface area (Å²) in [6, 6.07) is 3.39. The molecule has 0 aromatic heterocycles. The second kappa shape index (κ2) is 6.13. The third-order valence-corrected chi connectivity index (χ3v) is 7.14. The second-order valence-corrected chi connectivity index (χ2v) is 8.45. The number of phenols is 1. The normalized spacial score (nSPS) is 39.1. The van der Waals surface area contributed by atoms with Crippen molar-refractivity contribution in [3.8, 4) is 11.5 Å². The largest absolute Gasteiger partial charge is 0.508 e. The highest BCUT2D eigenvalue weighted by Gasteiger charge is 2.58. The summed E-state index contributed by atoms with van der Waals surface area (Å²) < 4.78 is 5.71. The average Bonchev–Trinajstić information content (AvgIpc) is 2.84. The molecule has 4 rings (SSSR count). The van der Waals surface area contributed by atoms with Crippen LogP contribution in [-0.2, 0) is 6.42 Å². The van der Waals surface area contributed by atoms with Crippen LogP contribution in [0.4, 0.5) is 0 Å². The van der Waals surface area contributed by atoms with Gasteiger partial charge in [-0.3, -0.25) is 0 Å². The number of oxime groups is 1. The van der Waals surface area contributed by atoms with E-state index in [0.29, 0.717) is 18.1 Å². The van der Waals surface area contributed by atoms with Crippen LogP contribution in [-0.4, -0.2) is 38.6 Å². The van der Waals surface area contributed by atoms with Crippen LogP contribution < -0.4 is 4.74 Å². The summed E-state index contributed by atoms with van der Waals surface area (Å²) in [6.45, 7) is 3.68. The van der Waals surface area contributed by atoms with Gasteiger partial charge >= 0.3 is 0 Å². The number of nitrogens with zero attached hydrogens (tertiary/aromatic N) is 1. The van der Waals surface area contributed by atoms with E-state index in [-0.39, 0.29) is 28.9 Å². The van der Waals surface area contributed by atoms with Crippen molar-refractivity contribution in [3.63, 3.8) is 0 Å². The number of aliphatic hydroxyl groups is 2. The van der Waals surface area contributed by atoms with Gasteiger partial charge in [0.25, 0.3) is 0 Å². The van der Waals surface area contributed by atoms with Gasteiger partial charge in [0, 0.05) is 18.6 Å². The van der Waals surface area contributed by atoms with Crippen molar-refractivity contribution in [2.75, 3.05) is 0 Å². The predicted octanol–water partition coefficient (Wildman–Crippen LogP) is 2.77. The molecule has 0 spiro atoms. The highest BCUT2D eigenvalue weighted by Crippen LogP contribution is 2.62. The third kappa shape index (κ3) is 2.50. The molecule has 2 fully saturated rings. The summed E-state index contributed by atoms with van der Waals surface area (Å²) in [5.74, 6) is 1.73. The standard InChI is InChI=1S/C20H27NO5/c1-10(21-25)26-17-8-12(22)7-11-3-4-13-14(18(11)17)5-6-20(2)15(13)9-16(23)19(20)24/h7-8,13-16,19,22-25H,3-6,9H2,1-2H3/t13-,14+,15+,16-,19+,20+/m1/s1. The summed E-state index contributed by atoms with van der Waals surface area (Å²) in [6.07, 6.45) is 2.90. The number of fused-ring (bicyclic) bond motifs is 5. The lowest BCUT2D eigenvalue weighted by molar-refractivity contribution is -0.0506. The number of benzene rings is 1. The fraction of sp³-hybridized carbons (Fsp3) is 0.650. The van der Waals surface area contributed by atoms with Crippen LogP contribution >= 0.6 is 0 Å². The molecule has 6 atom stereocenters. The number of hydrogen-bond donors (Lipinski definition) is 4. The monoisotopic (exact) mass is 361 g/mol. The van der Waals surface area contributed by atoms with E-state index in [0.717, 1.165) is 36.8 Å². The molecule has 1 aromatic rings. The van der Waals surface area contributed by atoms with Gasteiger partial charge in [0.05, 0.1) is 12.2 Å². The third-order valence-electron chi connectivity index (χ3n) is 7.14. The highest BCUT2D eigenvalue weighted by atomic mass is 16.5. The quantitative estimate of drug-likeness (QED) is 0.267. The Morgan fingerprint density at radius 2 is 2.04 bits per heavy atom. The Morgan fingerprint density at radius 3 is 2.77 bits per heavy atom. The van der Waals surface area contributed by atoms with E-state index in [9.17, 15) is 15.3 Å². The van der Waals surface area contributed by atoms with Crippen molar-refractivity contribution in [1.82, 2.24) is 0 Å². The van der Waals surface area contributed by atoms with Gasteiger partial charge in [-0.1, -0.05) is 12.1 Å². The summed E-state index contributed by atoms with van der Waals surface area (Å²) in [5.41, 5.74) is 1.92. The minimum absolute atomic E-state index is 0.132. The Labute approximate surface area is 153 Å². The van der Waals surface area contributed by atoms with E-state index in [1.54, 1.807) is 19.1 Å². The van der Waals surface area contributed by atoms with Crippen molar-refractivity contribution in [2.24, 2.45) is 22.4 Å². The maximum absolute atomic E-state index is 10.5. The summed E-state index contributed by atoms with van der Waals surface area (Å²) in [4.78, 5) is 0. The van der Waals surface area contributed by atoms with Gasteiger partial charge in [-0.15, -0.1) is 0 Å². The second-order valence-electron chi connectivity index (χ2n) is 8.45. The molecule has 0 bridgehead atoms. The Kier molecular flexibility index (Phi) is 4.15. The lowest BCUT2D eigenvalue weighted by Gasteiger charge is -2.50. The molecule has 0 unspecified atom stereocenters. The number of aromatic hydroxyl groups is 1. The molecule has 2 saturated carbocycles. The SMILES string of the molecule is CC(=NO)Oc1cc(O)cc2c1[C@H]1CC[C@]3(C)[C@@H](O)[C@H](O)C[C@H]3[C@@H]1CC2. The molecule has 0 saturated heterocycles. The van der Waals surface area contributed by atoms with Gasteiger partial charge in [0.1, 0.15) is 11.5 Å². The molecule has 0 radical (unpaired) electrons. The number of phenolic OH excluding ortho intramolecular Hbond substituents is 1. The Morgan fingerprint density at radius 1 is 1.27 bits per heavy atom. The first-order chi connectivity index (χ1) is 12.3. The molecule has 4 N–H and O–H groups in total. The minimum Gasteiger partial charge on any atom is -0.508 e. The van der Waals surface area contributed by atoms with Crippen LogP contribution in [0.1, 0.15) is 56.6 Å². The fourth-order valence-electron chi connectivity index (χ4n) is 5.92. The first-order valence-corrected chi connectivity index (χ1v) is 9.43. The van der Waals surface area contributed by atoms with E-state index in [1.165, 1.54) is 0 Å². The predicted molar refractivity (Wildman–Crippen MR) is 95.6 cm³/mol.